The third-order valence-corrected chi connectivity index (χ3v) is 3.17. The summed E-state index contributed by atoms with van der Waals surface area (Å²) in [5.74, 6) is -1.93. The van der Waals surface area contributed by atoms with Gasteiger partial charge < -0.3 is 9.47 Å². The summed E-state index contributed by atoms with van der Waals surface area (Å²) in [6, 6.07) is 2.26. The molecule has 0 unspecified atom stereocenters. The standard InChI is InChI=1S/C15H12F4N2O3/c1-7-12(14(22)23-3)10(6-20-13(7)15(17,18)19)24-9-4-5-11(16)21-8(9)2/h4-6H,1-3H3. The van der Waals surface area contributed by atoms with Gasteiger partial charge in [-0.15, -0.1) is 0 Å². The van der Waals surface area contributed by atoms with Crippen molar-refractivity contribution in [1.29, 1.82) is 0 Å². The smallest absolute Gasteiger partial charge is 0.433 e. The molecule has 0 radical (unpaired) electrons. The molecule has 0 aromatic carbocycles. The van der Waals surface area contributed by atoms with Crippen molar-refractivity contribution >= 4 is 5.97 Å². The summed E-state index contributed by atoms with van der Waals surface area (Å²) in [7, 11) is 1.03. The van der Waals surface area contributed by atoms with E-state index in [0.717, 1.165) is 26.3 Å². The number of rotatable bonds is 3. The molecule has 2 rings (SSSR count). The number of aromatic nitrogens is 2. The van der Waals surface area contributed by atoms with Crippen LogP contribution < -0.4 is 4.74 Å². The molecular formula is C15H12F4N2O3. The number of hydrogen-bond donors (Lipinski definition) is 0. The van der Waals surface area contributed by atoms with Gasteiger partial charge >= 0.3 is 12.1 Å². The number of pyridine rings is 2. The van der Waals surface area contributed by atoms with E-state index in [4.69, 9.17) is 4.74 Å². The van der Waals surface area contributed by atoms with Crippen molar-refractivity contribution in [3.63, 3.8) is 0 Å². The average Bonchev–Trinajstić information content (AvgIpc) is 2.48. The second kappa shape index (κ2) is 6.42. The molecule has 128 valence electrons. The second-order valence-electron chi connectivity index (χ2n) is 4.78. The van der Waals surface area contributed by atoms with E-state index < -0.39 is 34.9 Å². The monoisotopic (exact) mass is 344 g/mol. The van der Waals surface area contributed by atoms with E-state index in [1.165, 1.54) is 13.0 Å². The van der Waals surface area contributed by atoms with Gasteiger partial charge in [-0.3, -0.25) is 0 Å². The molecule has 0 saturated heterocycles. The minimum absolute atomic E-state index is 0.0718. The van der Waals surface area contributed by atoms with Crippen LogP contribution in [0, 0.1) is 19.8 Å². The Kier molecular flexibility index (Phi) is 4.72. The number of nitrogens with zero attached hydrogens (tertiary/aromatic N) is 2. The highest BCUT2D eigenvalue weighted by molar-refractivity contribution is 5.94. The van der Waals surface area contributed by atoms with Crippen LogP contribution in [0.4, 0.5) is 17.6 Å². The number of alkyl halides is 3. The van der Waals surface area contributed by atoms with Crippen LogP contribution in [0.25, 0.3) is 0 Å². The Bertz CT molecular complexity index is 791. The SMILES string of the molecule is COC(=O)c1c(Oc2ccc(F)nc2C)cnc(C(F)(F)F)c1C. The molecule has 0 fully saturated rings. The van der Waals surface area contributed by atoms with Crippen LogP contribution >= 0.6 is 0 Å². The van der Waals surface area contributed by atoms with E-state index in [0.29, 0.717) is 0 Å². The molecule has 0 atom stereocenters. The lowest BCUT2D eigenvalue weighted by molar-refractivity contribution is -0.141. The van der Waals surface area contributed by atoms with Crippen LogP contribution in [0.5, 0.6) is 11.5 Å². The van der Waals surface area contributed by atoms with E-state index in [1.54, 1.807) is 0 Å². The minimum atomic E-state index is -4.74. The summed E-state index contributed by atoms with van der Waals surface area (Å²) in [4.78, 5) is 18.7. The topological polar surface area (TPSA) is 61.3 Å². The van der Waals surface area contributed by atoms with Gasteiger partial charge in [-0.25, -0.2) is 14.8 Å². The molecule has 0 spiro atoms. The summed E-state index contributed by atoms with van der Waals surface area (Å²) in [5, 5.41) is 0. The van der Waals surface area contributed by atoms with Crippen molar-refractivity contribution in [2.24, 2.45) is 0 Å². The van der Waals surface area contributed by atoms with Crippen LogP contribution in [0.1, 0.15) is 27.3 Å². The molecule has 2 aromatic heterocycles. The summed E-state index contributed by atoms with van der Waals surface area (Å²) < 4.78 is 61.8. The third-order valence-electron chi connectivity index (χ3n) is 3.17. The normalized spacial score (nSPS) is 11.3. The highest BCUT2D eigenvalue weighted by Crippen LogP contribution is 2.36. The third kappa shape index (κ3) is 3.44. The largest absolute Gasteiger partial charge is 0.465 e. The van der Waals surface area contributed by atoms with Crippen molar-refractivity contribution in [2.75, 3.05) is 7.11 Å². The van der Waals surface area contributed by atoms with Crippen molar-refractivity contribution in [1.82, 2.24) is 9.97 Å². The van der Waals surface area contributed by atoms with Gasteiger partial charge in [0, 0.05) is 0 Å². The van der Waals surface area contributed by atoms with Crippen LogP contribution in [0.15, 0.2) is 18.3 Å². The molecule has 0 aliphatic carbocycles. The van der Waals surface area contributed by atoms with Crippen molar-refractivity contribution in [3.05, 3.63) is 46.8 Å². The maximum absolute atomic E-state index is 13.0. The first-order valence-corrected chi connectivity index (χ1v) is 6.61. The number of aryl methyl sites for hydroxylation is 1. The highest BCUT2D eigenvalue weighted by Gasteiger charge is 2.37. The average molecular weight is 344 g/mol. The van der Waals surface area contributed by atoms with Gasteiger partial charge in [-0.2, -0.15) is 17.6 Å². The lowest BCUT2D eigenvalue weighted by Gasteiger charge is -2.16. The molecule has 0 aliphatic rings. The van der Waals surface area contributed by atoms with Gasteiger partial charge in [0.2, 0.25) is 5.95 Å². The zero-order valence-electron chi connectivity index (χ0n) is 12.9. The van der Waals surface area contributed by atoms with Crippen LogP contribution in [-0.4, -0.2) is 23.0 Å². The van der Waals surface area contributed by atoms with E-state index in [9.17, 15) is 22.4 Å². The molecule has 9 heteroatoms. The number of carbonyl (C=O) groups excluding carboxylic acids is 1. The van der Waals surface area contributed by atoms with Gasteiger partial charge in [0.25, 0.3) is 0 Å². The van der Waals surface area contributed by atoms with Crippen LogP contribution in [0.2, 0.25) is 0 Å². The zero-order chi connectivity index (χ0) is 18.1. The summed E-state index contributed by atoms with van der Waals surface area (Å²) in [6.45, 7) is 2.53. The molecule has 0 bridgehead atoms. The quantitative estimate of drug-likeness (QED) is 0.481. The molecule has 2 aromatic rings. The fourth-order valence-electron chi connectivity index (χ4n) is 2.05. The lowest BCUT2D eigenvalue weighted by atomic mass is 10.1. The molecule has 0 amide bonds. The fraction of sp³-hybridized carbons (Fsp3) is 0.267. The summed E-state index contributed by atoms with van der Waals surface area (Å²) in [6.07, 6.45) is -3.97. The Morgan fingerprint density at radius 2 is 1.83 bits per heavy atom. The zero-order valence-corrected chi connectivity index (χ0v) is 12.9. The number of ether oxygens (including phenoxy) is 2. The number of halogens is 4. The molecule has 0 N–H and O–H groups in total. The summed E-state index contributed by atoms with van der Waals surface area (Å²) in [5.41, 5.74) is -1.91. The Morgan fingerprint density at radius 1 is 1.17 bits per heavy atom. The lowest BCUT2D eigenvalue weighted by Crippen LogP contribution is -2.16. The van der Waals surface area contributed by atoms with Crippen LogP contribution in [0.3, 0.4) is 0 Å². The van der Waals surface area contributed by atoms with E-state index in [2.05, 4.69) is 14.7 Å². The van der Waals surface area contributed by atoms with E-state index >= 15 is 0 Å². The molecule has 5 nitrogen and oxygen atoms in total. The van der Waals surface area contributed by atoms with Gasteiger partial charge in [0.15, 0.2) is 5.75 Å². The predicted molar refractivity (Wildman–Crippen MR) is 74.3 cm³/mol. The number of carbonyl (C=O) groups is 1. The van der Waals surface area contributed by atoms with Crippen molar-refractivity contribution < 1.29 is 31.8 Å². The van der Waals surface area contributed by atoms with Gasteiger partial charge in [0.1, 0.15) is 17.0 Å². The van der Waals surface area contributed by atoms with E-state index in [1.807, 2.05) is 0 Å². The second-order valence-corrected chi connectivity index (χ2v) is 4.78. The number of hydrogen-bond acceptors (Lipinski definition) is 5. The first kappa shape index (κ1) is 17.6. The van der Waals surface area contributed by atoms with Crippen molar-refractivity contribution in [3.8, 4) is 11.5 Å². The molecule has 24 heavy (non-hydrogen) atoms. The summed E-state index contributed by atoms with van der Waals surface area (Å²) >= 11 is 0. The first-order valence-electron chi connectivity index (χ1n) is 6.61. The molecule has 0 aliphatic heterocycles. The number of methoxy groups -OCH3 is 1. The number of esters is 1. The Hall–Kier alpha value is -2.71. The maximum atomic E-state index is 13.0. The Morgan fingerprint density at radius 3 is 2.38 bits per heavy atom. The van der Waals surface area contributed by atoms with Gasteiger partial charge in [0.05, 0.1) is 19.0 Å². The van der Waals surface area contributed by atoms with E-state index in [-0.39, 0.29) is 17.2 Å². The van der Waals surface area contributed by atoms with Gasteiger partial charge in [-0.05, 0) is 31.5 Å². The fourth-order valence-corrected chi connectivity index (χ4v) is 2.05. The highest BCUT2D eigenvalue weighted by atomic mass is 19.4. The molecule has 2 heterocycles. The molecular weight excluding hydrogens is 332 g/mol. The van der Waals surface area contributed by atoms with Crippen LogP contribution in [-0.2, 0) is 10.9 Å². The maximum Gasteiger partial charge on any atom is 0.433 e. The molecule has 0 saturated carbocycles. The minimum Gasteiger partial charge on any atom is -0.465 e. The van der Waals surface area contributed by atoms with Crippen molar-refractivity contribution in [2.45, 2.75) is 20.0 Å². The van der Waals surface area contributed by atoms with Gasteiger partial charge in [-0.1, -0.05) is 0 Å². The Balaban J connectivity index is 2.57. The predicted octanol–water partition coefficient (Wildman–Crippen LogP) is 3.83. The first-order chi connectivity index (χ1) is 11.1. The Labute approximate surface area is 134 Å².